The molecular formula is C13H20N4O2. The van der Waals surface area contributed by atoms with Crippen LogP contribution in [0, 0.1) is 0 Å². The van der Waals surface area contributed by atoms with Crippen molar-refractivity contribution in [2.75, 3.05) is 12.3 Å². The van der Waals surface area contributed by atoms with Crippen LogP contribution in [0.3, 0.4) is 0 Å². The molecule has 2 atom stereocenters. The Morgan fingerprint density at radius 3 is 2.89 bits per heavy atom. The lowest BCUT2D eigenvalue weighted by molar-refractivity contribution is 0.00891. The van der Waals surface area contributed by atoms with Gasteiger partial charge in [-0.3, -0.25) is 4.40 Å². The molecule has 19 heavy (non-hydrogen) atoms. The van der Waals surface area contributed by atoms with E-state index in [0.717, 1.165) is 18.5 Å². The quantitative estimate of drug-likeness (QED) is 0.859. The van der Waals surface area contributed by atoms with Gasteiger partial charge in [-0.2, -0.15) is 0 Å². The molecule has 3 rings (SSSR count). The summed E-state index contributed by atoms with van der Waals surface area (Å²) in [4.78, 5) is 8.24. The Labute approximate surface area is 112 Å². The number of imidazole rings is 1. The third kappa shape index (κ3) is 2.54. The van der Waals surface area contributed by atoms with E-state index in [1.807, 2.05) is 24.4 Å². The molecule has 2 unspecified atom stereocenters. The van der Waals surface area contributed by atoms with Crippen molar-refractivity contribution in [3.63, 3.8) is 0 Å². The first-order valence-electron chi connectivity index (χ1n) is 6.63. The molecule has 0 radical (unpaired) electrons. The molecular weight excluding hydrogens is 244 g/mol. The van der Waals surface area contributed by atoms with Gasteiger partial charge in [0.1, 0.15) is 0 Å². The van der Waals surface area contributed by atoms with Gasteiger partial charge < -0.3 is 15.6 Å². The summed E-state index contributed by atoms with van der Waals surface area (Å²) in [5, 5.41) is 9.06. The van der Waals surface area contributed by atoms with Gasteiger partial charge in [-0.15, -0.1) is 0 Å². The van der Waals surface area contributed by atoms with Crippen molar-refractivity contribution in [2.24, 2.45) is 0 Å². The predicted octanol–water partition coefficient (Wildman–Crippen LogP) is 1.55. The smallest absolute Gasteiger partial charge is 0.180 e. The molecule has 0 amide bonds. The Kier molecular flexibility index (Phi) is 4.34. The molecule has 1 aliphatic rings. The first kappa shape index (κ1) is 13.8. The molecule has 2 aromatic heterocycles. The van der Waals surface area contributed by atoms with Gasteiger partial charge in [-0.05, 0) is 12.8 Å². The highest BCUT2D eigenvalue weighted by Gasteiger charge is 2.28. The van der Waals surface area contributed by atoms with E-state index in [1.165, 1.54) is 0 Å². The number of hydrogen-bond acceptors (Lipinski definition) is 5. The summed E-state index contributed by atoms with van der Waals surface area (Å²) < 4.78 is 7.63. The lowest BCUT2D eigenvalue weighted by Gasteiger charge is -2.11. The number of ether oxygens (including phenoxy) is 1. The van der Waals surface area contributed by atoms with Crippen molar-refractivity contribution < 1.29 is 9.84 Å². The SMILES string of the molecule is CC.Nc1nccn2c(C3CCC(CO)O3)cnc12. The fourth-order valence-electron chi connectivity index (χ4n) is 2.25. The number of rotatable bonds is 2. The second-order valence-corrected chi connectivity index (χ2v) is 4.20. The van der Waals surface area contributed by atoms with Crippen LogP contribution < -0.4 is 5.73 Å². The summed E-state index contributed by atoms with van der Waals surface area (Å²) in [5.41, 5.74) is 7.36. The van der Waals surface area contributed by atoms with Crippen LogP contribution >= 0.6 is 0 Å². The Hall–Kier alpha value is -1.66. The van der Waals surface area contributed by atoms with Gasteiger partial charge in [0.05, 0.1) is 30.7 Å². The normalized spacial score (nSPS) is 22.3. The van der Waals surface area contributed by atoms with E-state index >= 15 is 0 Å². The van der Waals surface area contributed by atoms with Crippen LogP contribution in [0.2, 0.25) is 0 Å². The molecule has 0 bridgehead atoms. The predicted molar refractivity (Wildman–Crippen MR) is 72.7 cm³/mol. The van der Waals surface area contributed by atoms with E-state index in [0.29, 0.717) is 11.5 Å². The van der Waals surface area contributed by atoms with E-state index < -0.39 is 0 Å². The zero-order valence-corrected chi connectivity index (χ0v) is 11.3. The van der Waals surface area contributed by atoms with E-state index in [-0.39, 0.29) is 18.8 Å². The average Bonchev–Trinajstić information content (AvgIpc) is 3.07. The second-order valence-electron chi connectivity index (χ2n) is 4.20. The molecule has 1 saturated heterocycles. The number of hydrogen-bond donors (Lipinski definition) is 2. The van der Waals surface area contributed by atoms with Crippen LogP contribution in [-0.4, -0.2) is 32.2 Å². The third-order valence-corrected chi connectivity index (χ3v) is 3.12. The number of aromatic nitrogens is 3. The minimum Gasteiger partial charge on any atom is -0.394 e. The summed E-state index contributed by atoms with van der Waals surface area (Å²) in [6, 6.07) is 0. The Bertz CT molecular complexity index is 540. The zero-order valence-electron chi connectivity index (χ0n) is 11.3. The van der Waals surface area contributed by atoms with Gasteiger partial charge in [0.2, 0.25) is 0 Å². The lowest BCUT2D eigenvalue weighted by Crippen LogP contribution is -2.11. The number of nitrogen functional groups attached to an aromatic ring is 1. The number of aliphatic hydroxyl groups excluding tert-OH is 1. The van der Waals surface area contributed by atoms with Crippen molar-refractivity contribution in [3.05, 3.63) is 24.3 Å². The maximum atomic E-state index is 9.06. The van der Waals surface area contributed by atoms with Crippen LogP contribution in [0.25, 0.3) is 5.65 Å². The first-order chi connectivity index (χ1) is 9.29. The molecule has 0 aromatic carbocycles. The number of nitrogens with zero attached hydrogens (tertiary/aromatic N) is 3. The van der Waals surface area contributed by atoms with Crippen LogP contribution in [0.4, 0.5) is 5.82 Å². The van der Waals surface area contributed by atoms with Crippen LogP contribution in [0.1, 0.15) is 38.5 Å². The molecule has 0 spiro atoms. The molecule has 1 fully saturated rings. The number of anilines is 1. The Morgan fingerprint density at radius 2 is 2.21 bits per heavy atom. The van der Waals surface area contributed by atoms with E-state index in [4.69, 9.17) is 15.6 Å². The molecule has 3 heterocycles. The largest absolute Gasteiger partial charge is 0.394 e. The molecule has 1 aliphatic heterocycles. The summed E-state index contributed by atoms with van der Waals surface area (Å²) in [6.07, 6.45) is 6.90. The average molecular weight is 264 g/mol. The number of nitrogens with two attached hydrogens (primary N) is 1. The summed E-state index contributed by atoms with van der Waals surface area (Å²) in [6.45, 7) is 4.07. The summed E-state index contributed by atoms with van der Waals surface area (Å²) >= 11 is 0. The zero-order chi connectivity index (χ0) is 13.8. The monoisotopic (exact) mass is 264 g/mol. The molecule has 6 heteroatoms. The maximum absolute atomic E-state index is 9.06. The van der Waals surface area contributed by atoms with Gasteiger partial charge in [0, 0.05) is 12.4 Å². The minimum absolute atomic E-state index is 0.0241. The summed E-state index contributed by atoms with van der Waals surface area (Å²) in [7, 11) is 0. The Morgan fingerprint density at radius 1 is 1.42 bits per heavy atom. The Balaban J connectivity index is 0.000000637. The highest BCUT2D eigenvalue weighted by molar-refractivity contribution is 5.59. The molecule has 0 saturated carbocycles. The van der Waals surface area contributed by atoms with E-state index in [1.54, 1.807) is 12.4 Å². The van der Waals surface area contributed by atoms with Crippen molar-refractivity contribution in [1.82, 2.24) is 14.4 Å². The van der Waals surface area contributed by atoms with Crippen LogP contribution in [0.5, 0.6) is 0 Å². The topological polar surface area (TPSA) is 85.7 Å². The first-order valence-corrected chi connectivity index (χ1v) is 6.63. The van der Waals surface area contributed by atoms with Gasteiger partial charge in [0.25, 0.3) is 0 Å². The van der Waals surface area contributed by atoms with Crippen LogP contribution in [-0.2, 0) is 4.74 Å². The molecule has 3 N–H and O–H groups in total. The number of aliphatic hydroxyl groups is 1. The number of fused-ring (bicyclic) bond motifs is 1. The van der Waals surface area contributed by atoms with Crippen molar-refractivity contribution in [3.8, 4) is 0 Å². The fraction of sp³-hybridized carbons (Fsp3) is 0.538. The molecule has 104 valence electrons. The van der Waals surface area contributed by atoms with E-state index in [9.17, 15) is 0 Å². The van der Waals surface area contributed by atoms with Crippen molar-refractivity contribution >= 4 is 11.5 Å². The van der Waals surface area contributed by atoms with Crippen molar-refractivity contribution in [1.29, 1.82) is 0 Å². The van der Waals surface area contributed by atoms with Gasteiger partial charge in [0.15, 0.2) is 11.5 Å². The summed E-state index contributed by atoms with van der Waals surface area (Å²) in [5.74, 6) is 0.412. The lowest BCUT2D eigenvalue weighted by atomic mass is 10.1. The van der Waals surface area contributed by atoms with Crippen LogP contribution in [0.15, 0.2) is 18.6 Å². The highest BCUT2D eigenvalue weighted by atomic mass is 16.5. The molecule has 6 nitrogen and oxygen atoms in total. The van der Waals surface area contributed by atoms with Gasteiger partial charge >= 0.3 is 0 Å². The van der Waals surface area contributed by atoms with Gasteiger partial charge in [-0.25, -0.2) is 9.97 Å². The van der Waals surface area contributed by atoms with E-state index in [2.05, 4.69) is 9.97 Å². The van der Waals surface area contributed by atoms with Gasteiger partial charge in [-0.1, -0.05) is 13.8 Å². The highest BCUT2D eigenvalue weighted by Crippen LogP contribution is 2.33. The second kappa shape index (κ2) is 5.99. The maximum Gasteiger partial charge on any atom is 0.180 e. The third-order valence-electron chi connectivity index (χ3n) is 3.12. The fourth-order valence-corrected chi connectivity index (χ4v) is 2.25. The standard InChI is InChI=1S/C11H14N4O2.C2H6/c12-10-11-14-5-8(15(11)4-3-13-10)9-2-1-7(6-16)17-9;1-2/h3-5,7,9,16H,1-2,6H2,(H2,12,13);1-2H3. The molecule has 0 aliphatic carbocycles. The molecule has 2 aromatic rings. The van der Waals surface area contributed by atoms with Crippen molar-refractivity contribution in [2.45, 2.75) is 38.9 Å². The minimum atomic E-state index is -0.0651.